The lowest BCUT2D eigenvalue weighted by atomic mass is 10.2. The highest BCUT2D eigenvalue weighted by molar-refractivity contribution is 9.10. The van der Waals surface area contributed by atoms with E-state index in [0.717, 1.165) is 14.6 Å². The van der Waals surface area contributed by atoms with Gasteiger partial charge in [0.25, 0.3) is 5.56 Å². The maximum absolute atomic E-state index is 12.1. The maximum atomic E-state index is 12.1. The molecule has 3 aromatic rings. The second kappa shape index (κ2) is 4.20. The van der Waals surface area contributed by atoms with Crippen molar-refractivity contribution in [1.29, 1.82) is 0 Å². The Kier molecular flexibility index (Phi) is 2.63. The number of rotatable bonds is 1. The fourth-order valence-corrected chi connectivity index (χ4v) is 2.04. The first-order valence-corrected chi connectivity index (χ1v) is 6.21. The summed E-state index contributed by atoms with van der Waals surface area (Å²) in [5.41, 5.74) is -0.0566. The van der Waals surface area contributed by atoms with Crippen LogP contribution in [0.2, 0.25) is 0 Å². The minimum atomic E-state index is -0.485. The van der Waals surface area contributed by atoms with Crippen molar-refractivity contribution in [2.24, 2.45) is 7.05 Å². The van der Waals surface area contributed by atoms with Crippen LogP contribution in [0.1, 0.15) is 0 Å². The van der Waals surface area contributed by atoms with Gasteiger partial charge in [-0.15, -0.1) is 0 Å². The van der Waals surface area contributed by atoms with Gasteiger partial charge in [-0.05, 0) is 24.3 Å². The van der Waals surface area contributed by atoms with Gasteiger partial charge in [-0.3, -0.25) is 9.36 Å². The van der Waals surface area contributed by atoms with Crippen LogP contribution in [0, 0.1) is 0 Å². The van der Waals surface area contributed by atoms with Crippen molar-refractivity contribution in [1.82, 2.24) is 14.1 Å². The van der Waals surface area contributed by atoms with Crippen molar-refractivity contribution >= 4 is 21.6 Å². The molecule has 0 radical (unpaired) electrons. The fraction of sp³-hybridized carbons (Fsp3) is 0.0833. The van der Waals surface area contributed by atoms with E-state index in [1.165, 1.54) is 17.5 Å². The highest BCUT2D eigenvalue weighted by atomic mass is 79.9. The summed E-state index contributed by atoms with van der Waals surface area (Å²) in [6, 6.07) is 8.51. The summed E-state index contributed by atoms with van der Waals surface area (Å²) in [4.78, 5) is 23.6. The number of aromatic nitrogens is 3. The molecule has 0 bridgehead atoms. The van der Waals surface area contributed by atoms with Crippen LogP contribution >= 0.6 is 15.9 Å². The summed E-state index contributed by atoms with van der Waals surface area (Å²) in [5.74, 6) is 0.364. The predicted octanol–water partition coefficient (Wildman–Crippen LogP) is 1.42. The van der Waals surface area contributed by atoms with Crippen molar-refractivity contribution in [3.05, 3.63) is 55.6 Å². The molecule has 0 N–H and O–H groups in total. The Morgan fingerprint density at radius 2 is 1.89 bits per heavy atom. The van der Waals surface area contributed by atoms with E-state index >= 15 is 0 Å². The highest BCUT2D eigenvalue weighted by Gasteiger charge is 2.14. The molecule has 0 atom stereocenters. The molecule has 0 spiro atoms. The molecule has 6 nitrogen and oxygen atoms in total. The van der Waals surface area contributed by atoms with Crippen LogP contribution in [0.15, 0.2) is 48.9 Å². The van der Waals surface area contributed by atoms with E-state index in [4.69, 9.17) is 4.52 Å². The molecule has 0 unspecified atom stereocenters. The van der Waals surface area contributed by atoms with Gasteiger partial charge in [0.2, 0.25) is 5.71 Å². The third-order valence-corrected chi connectivity index (χ3v) is 3.34. The first kappa shape index (κ1) is 11.9. The minimum Gasteiger partial charge on any atom is -0.335 e. The zero-order chi connectivity index (χ0) is 13.6. The van der Waals surface area contributed by atoms with E-state index in [0.29, 0.717) is 5.82 Å². The lowest BCUT2D eigenvalue weighted by Crippen LogP contribution is -2.34. The molecule has 0 aliphatic rings. The van der Waals surface area contributed by atoms with E-state index in [1.807, 2.05) is 12.1 Å². The zero-order valence-corrected chi connectivity index (χ0v) is 11.4. The average Bonchev–Trinajstić information content (AvgIpc) is 2.81. The molecule has 2 heterocycles. The monoisotopic (exact) mass is 321 g/mol. The number of benzene rings is 1. The largest absolute Gasteiger partial charge is 0.339 e. The third kappa shape index (κ3) is 1.82. The van der Waals surface area contributed by atoms with Crippen molar-refractivity contribution in [3.63, 3.8) is 0 Å². The molecule has 0 aliphatic heterocycles. The average molecular weight is 322 g/mol. The normalized spacial score (nSPS) is 11.1. The Balaban J connectivity index is 2.38. The summed E-state index contributed by atoms with van der Waals surface area (Å²) >= 11 is 3.34. The Hall–Kier alpha value is -2.15. The molecular formula is C12H8BrN3O3. The lowest BCUT2D eigenvalue weighted by molar-refractivity contribution is 0.455. The van der Waals surface area contributed by atoms with Crippen LogP contribution < -0.4 is 11.2 Å². The Morgan fingerprint density at radius 1 is 1.21 bits per heavy atom. The van der Waals surface area contributed by atoms with Gasteiger partial charge in [0.15, 0.2) is 5.82 Å². The smallest absolute Gasteiger partial charge is 0.335 e. The van der Waals surface area contributed by atoms with Crippen LogP contribution in [-0.2, 0) is 7.05 Å². The molecule has 7 heteroatoms. The van der Waals surface area contributed by atoms with Gasteiger partial charge >= 0.3 is 5.69 Å². The fourth-order valence-electron chi connectivity index (χ4n) is 1.78. The number of halogens is 1. The molecule has 19 heavy (non-hydrogen) atoms. The molecule has 0 fully saturated rings. The van der Waals surface area contributed by atoms with Gasteiger partial charge in [-0.2, -0.15) is 0 Å². The van der Waals surface area contributed by atoms with Gasteiger partial charge < -0.3 is 4.52 Å². The van der Waals surface area contributed by atoms with Crippen molar-refractivity contribution in [3.8, 4) is 11.4 Å². The van der Waals surface area contributed by atoms with E-state index in [9.17, 15) is 9.59 Å². The molecule has 2 aromatic heterocycles. The van der Waals surface area contributed by atoms with Crippen molar-refractivity contribution < 1.29 is 4.52 Å². The molecule has 0 amide bonds. The molecule has 0 saturated carbocycles. The van der Waals surface area contributed by atoms with Crippen LogP contribution in [0.25, 0.3) is 17.1 Å². The second-order valence-electron chi connectivity index (χ2n) is 4.01. The molecule has 96 valence electrons. The van der Waals surface area contributed by atoms with Crippen LogP contribution in [0.4, 0.5) is 0 Å². The Morgan fingerprint density at radius 3 is 2.58 bits per heavy atom. The highest BCUT2D eigenvalue weighted by Crippen LogP contribution is 2.20. The summed E-state index contributed by atoms with van der Waals surface area (Å²) in [5, 5.41) is 3.86. The van der Waals surface area contributed by atoms with E-state index < -0.39 is 11.2 Å². The Bertz CT molecular complexity index is 874. The molecule has 0 aliphatic carbocycles. The first-order chi connectivity index (χ1) is 9.08. The van der Waals surface area contributed by atoms with Crippen molar-refractivity contribution in [2.45, 2.75) is 0 Å². The summed E-state index contributed by atoms with van der Waals surface area (Å²) in [7, 11) is 1.41. The van der Waals surface area contributed by atoms with Crippen LogP contribution in [-0.4, -0.2) is 14.1 Å². The van der Waals surface area contributed by atoms with Gasteiger partial charge in [-0.25, -0.2) is 9.20 Å². The summed E-state index contributed by atoms with van der Waals surface area (Å²) < 4.78 is 8.23. The van der Waals surface area contributed by atoms with Gasteiger partial charge in [0.1, 0.15) is 0 Å². The standard InChI is InChI=1S/C12H8BrN3O3/c1-15-9(17)6-10-16(12(15)18)11(14-19-10)7-2-4-8(13)5-3-7/h2-6H,1H3. The van der Waals surface area contributed by atoms with Crippen molar-refractivity contribution in [2.75, 3.05) is 0 Å². The SMILES string of the molecule is Cn1c(=O)cc2onc(-c3ccc(Br)cc3)n2c1=O. The predicted molar refractivity (Wildman–Crippen MR) is 72.1 cm³/mol. The topological polar surface area (TPSA) is 69.5 Å². The number of hydrogen-bond acceptors (Lipinski definition) is 4. The van der Waals surface area contributed by atoms with E-state index in [1.54, 1.807) is 12.1 Å². The summed E-state index contributed by atoms with van der Waals surface area (Å²) in [6.45, 7) is 0. The third-order valence-electron chi connectivity index (χ3n) is 2.82. The molecule has 0 saturated heterocycles. The minimum absolute atomic E-state index is 0.131. The quantitative estimate of drug-likeness (QED) is 0.679. The van der Waals surface area contributed by atoms with Crippen LogP contribution in [0.3, 0.4) is 0 Å². The molecular weight excluding hydrogens is 314 g/mol. The van der Waals surface area contributed by atoms with E-state index in [-0.39, 0.29) is 5.71 Å². The van der Waals surface area contributed by atoms with Crippen LogP contribution in [0.5, 0.6) is 0 Å². The summed E-state index contributed by atoms with van der Waals surface area (Å²) in [6.07, 6.45) is 0. The van der Waals surface area contributed by atoms with Gasteiger partial charge in [0, 0.05) is 17.1 Å². The molecule has 1 aromatic carbocycles. The maximum Gasteiger partial charge on any atom is 0.339 e. The number of fused-ring (bicyclic) bond motifs is 1. The van der Waals surface area contributed by atoms with E-state index in [2.05, 4.69) is 21.1 Å². The van der Waals surface area contributed by atoms with Gasteiger partial charge in [0.05, 0.1) is 6.07 Å². The Labute approximate surface area is 115 Å². The second-order valence-corrected chi connectivity index (χ2v) is 4.93. The zero-order valence-electron chi connectivity index (χ0n) is 9.83. The lowest BCUT2D eigenvalue weighted by Gasteiger charge is -2.00. The molecule has 3 rings (SSSR count). The van der Waals surface area contributed by atoms with Gasteiger partial charge in [-0.1, -0.05) is 21.1 Å². The number of nitrogens with zero attached hydrogens (tertiary/aromatic N) is 3. The first-order valence-electron chi connectivity index (χ1n) is 5.42. The number of hydrogen-bond donors (Lipinski definition) is 0.